The molecule has 1 N–H and O–H groups in total. The molecule has 4 heterocycles. The summed E-state index contributed by atoms with van der Waals surface area (Å²) in [6, 6.07) is 5.44. The fraction of sp³-hybridized carbons (Fsp3) is 0.300. The number of hydrogen-bond acceptors (Lipinski definition) is 7. The third-order valence-corrected chi connectivity index (χ3v) is 4.54. The zero-order valence-electron chi connectivity index (χ0n) is 16.8. The Balaban J connectivity index is 0.00000117. The van der Waals surface area contributed by atoms with E-state index in [4.69, 9.17) is 14.6 Å². The molecular weight excluding hydrogens is 374 g/mol. The standard InChI is InChI=1S/C19H19N5O3.CH4O/c1-4-23-10-13(9-21-23)24-11-16-14(19(24)25)5-6-15(22-16)12-7-17(26-2)18(27-3)20-8-12;1-2/h5-10H,4,11H2,1-3H3;2H,1H3. The van der Waals surface area contributed by atoms with E-state index in [1.54, 1.807) is 42.3 Å². The Hall–Kier alpha value is -3.46. The van der Waals surface area contributed by atoms with Crippen LogP contribution in [0, 0.1) is 0 Å². The van der Waals surface area contributed by atoms with E-state index in [0.717, 1.165) is 36.3 Å². The van der Waals surface area contributed by atoms with Crippen LogP contribution in [0.1, 0.15) is 23.0 Å². The zero-order valence-corrected chi connectivity index (χ0v) is 16.8. The lowest BCUT2D eigenvalue weighted by Crippen LogP contribution is -2.22. The Kier molecular flexibility index (Phi) is 6.08. The van der Waals surface area contributed by atoms with Gasteiger partial charge in [-0.15, -0.1) is 0 Å². The van der Waals surface area contributed by atoms with Crippen molar-refractivity contribution in [1.29, 1.82) is 0 Å². The average molecular weight is 397 g/mol. The molecule has 1 aliphatic rings. The van der Waals surface area contributed by atoms with Gasteiger partial charge in [0.2, 0.25) is 0 Å². The van der Waals surface area contributed by atoms with Gasteiger partial charge in [-0.25, -0.2) is 4.98 Å². The Bertz CT molecular complexity index is 1020. The van der Waals surface area contributed by atoms with Crippen molar-refractivity contribution in [3.63, 3.8) is 0 Å². The van der Waals surface area contributed by atoms with Crippen LogP contribution in [0.5, 0.6) is 11.6 Å². The van der Waals surface area contributed by atoms with Crippen molar-refractivity contribution in [1.82, 2.24) is 19.7 Å². The summed E-state index contributed by atoms with van der Waals surface area (Å²) in [5.41, 5.74) is 3.63. The summed E-state index contributed by atoms with van der Waals surface area (Å²) in [6.45, 7) is 3.17. The molecule has 1 amide bonds. The Labute approximate surface area is 168 Å². The molecule has 3 aromatic heterocycles. The van der Waals surface area contributed by atoms with E-state index in [2.05, 4.69) is 15.1 Å². The van der Waals surface area contributed by atoms with E-state index in [0.29, 0.717) is 23.7 Å². The highest BCUT2D eigenvalue weighted by molar-refractivity contribution is 6.09. The first-order valence-electron chi connectivity index (χ1n) is 9.02. The number of nitrogens with zero attached hydrogens (tertiary/aromatic N) is 5. The summed E-state index contributed by atoms with van der Waals surface area (Å²) >= 11 is 0. The number of hydrogen-bond donors (Lipinski definition) is 1. The number of rotatable bonds is 5. The van der Waals surface area contributed by atoms with E-state index in [-0.39, 0.29) is 5.91 Å². The van der Waals surface area contributed by atoms with Crippen LogP contribution in [0.4, 0.5) is 5.69 Å². The molecule has 0 saturated heterocycles. The summed E-state index contributed by atoms with van der Waals surface area (Å²) in [6.07, 6.45) is 5.24. The summed E-state index contributed by atoms with van der Waals surface area (Å²) in [7, 11) is 4.10. The number of aliphatic hydroxyl groups is 1. The first-order chi connectivity index (χ1) is 14.1. The lowest BCUT2D eigenvalue weighted by atomic mass is 10.1. The third kappa shape index (κ3) is 3.77. The minimum Gasteiger partial charge on any atom is -0.491 e. The van der Waals surface area contributed by atoms with Gasteiger partial charge in [-0.1, -0.05) is 0 Å². The number of pyridine rings is 2. The maximum atomic E-state index is 12.7. The lowest BCUT2D eigenvalue weighted by molar-refractivity contribution is 0.0996. The van der Waals surface area contributed by atoms with Crippen LogP contribution in [0.3, 0.4) is 0 Å². The van der Waals surface area contributed by atoms with Gasteiger partial charge in [0.1, 0.15) is 0 Å². The molecule has 9 nitrogen and oxygen atoms in total. The number of methoxy groups -OCH3 is 2. The smallest absolute Gasteiger partial charge is 0.260 e. The predicted molar refractivity (Wildman–Crippen MR) is 107 cm³/mol. The highest BCUT2D eigenvalue weighted by Gasteiger charge is 2.30. The molecule has 1 aliphatic heterocycles. The van der Waals surface area contributed by atoms with Crippen molar-refractivity contribution in [2.45, 2.75) is 20.0 Å². The van der Waals surface area contributed by atoms with E-state index >= 15 is 0 Å². The van der Waals surface area contributed by atoms with Gasteiger partial charge in [0, 0.05) is 31.6 Å². The number of aromatic nitrogens is 4. The molecule has 4 rings (SSSR count). The number of ether oxygens (including phenoxy) is 2. The molecule has 152 valence electrons. The molecular formula is C20H23N5O4. The van der Waals surface area contributed by atoms with Crippen molar-refractivity contribution < 1.29 is 19.4 Å². The van der Waals surface area contributed by atoms with Crippen LogP contribution in [0.2, 0.25) is 0 Å². The lowest BCUT2D eigenvalue weighted by Gasteiger charge is -2.11. The predicted octanol–water partition coefficient (Wildman–Crippen LogP) is 2.15. The number of fused-ring (bicyclic) bond motifs is 1. The highest BCUT2D eigenvalue weighted by Crippen LogP contribution is 2.32. The Morgan fingerprint density at radius 2 is 1.97 bits per heavy atom. The van der Waals surface area contributed by atoms with Crippen molar-refractivity contribution >= 4 is 11.6 Å². The van der Waals surface area contributed by atoms with Crippen LogP contribution < -0.4 is 14.4 Å². The first kappa shape index (κ1) is 20.3. The quantitative estimate of drug-likeness (QED) is 0.704. The Morgan fingerprint density at radius 3 is 2.62 bits per heavy atom. The molecule has 29 heavy (non-hydrogen) atoms. The minimum atomic E-state index is -0.0647. The van der Waals surface area contributed by atoms with Crippen LogP contribution in [0.25, 0.3) is 11.3 Å². The Morgan fingerprint density at radius 1 is 1.17 bits per heavy atom. The van der Waals surface area contributed by atoms with Gasteiger partial charge >= 0.3 is 0 Å². The van der Waals surface area contributed by atoms with Gasteiger partial charge in [-0.05, 0) is 25.1 Å². The van der Waals surface area contributed by atoms with E-state index < -0.39 is 0 Å². The van der Waals surface area contributed by atoms with Gasteiger partial charge in [0.05, 0.1) is 49.6 Å². The van der Waals surface area contributed by atoms with Crippen molar-refractivity contribution in [2.24, 2.45) is 0 Å². The molecule has 0 fully saturated rings. The number of carbonyl (C=O) groups is 1. The second-order valence-corrected chi connectivity index (χ2v) is 6.07. The molecule has 0 saturated carbocycles. The number of carbonyl (C=O) groups excluding carboxylic acids is 1. The van der Waals surface area contributed by atoms with Gasteiger partial charge in [-0.2, -0.15) is 5.10 Å². The molecule has 0 aliphatic carbocycles. The minimum absolute atomic E-state index is 0.0647. The van der Waals surface area contributed by atoms with Crippen molar-refractivity contribution in [2.75, 3.05) is 26.2 Å². The highest BCUT2D eigenvalue weighted by atomic mass is 16.5. The SMILES string of the molecule is CCn1cc(N2Cc3nc(-c4cnc(OC)c(OC)c4)ccc3C2=O)cn1.CO. The molecule has 9 heteroatoms. The van der Waals surface area contributed by atoms with Gasteiger partial charge in [-0.3, -0.25) is 19.4 Å². The van der Waals surface area contributed by atoms with E-state index in [9.17, 15) is 4.79 Å². The number of aryl methyl sites for hydroxylation is 1. The second kappa shape index (κ2) is 8.70. The van der Waals surface area contributed by atoms with Gasteiger partial charge < -0.3 is 14.6 Å². The van der Waals surface area contributed by atoms with Crippen LogP contribution in [0.15, 0.2) is 36.8 Å². The zero-order chi connectivity index (χ0) is 21.0. The monoisotopic (exact) mass is 397 g/mol. The fourth-order valence-corrected chi connectivity index (χ4v) is 3.09. The number of anilines is 1. The normalized spacial score (nSPS) is 12.3. The van der Waals surface area contributed by atoms with Gasteiger partial charge in [0.15, 0.2) is 5.75 Å². The summed E-state index contributed by atoms with van der Waals surface area (Å²) in [4.78, 5) is 23.3. The van der Waals surface area contributed by atoms with Crippen molar-refractivity contribution in [3.8, 4) is 22.9 Å². The maximum Gasteiger partial charge on any atom is 0.260 e. The van der Waals surface area contributed by atoms with Crippen molar-refractivity contribution in [3.05, 3.63) is 48.0 Å². The number of aliphatic hydroxyl groups excluding tert-OH is 1. The maximum absolute atomic E-state index is 12.7. The molecule has 0 bridgehead atoms. The molecule has 0 radical (unpaired) electrons. The first-order valence-corrected chi connectivity index (χ1v) is 9.02. The summed E-state index contributed by atoms with van der Waals surface area (Å²) in [5.74, 6) is 0.879. The number of amides is 1. The second-order valence-electron chi connectivity index (χ2n) is 6.07. The summed E-state index contributed by atoms with van der Waals surface area (Å²) in [5, 5.41) is 11.2. The topological polar surface area (TPSA) is 103 Å². The van der Waals surface area contributed by atoms with E-state index in [1.165, 1.54) is 0 Å². The third-order valence-electron chi connectivity index (χ3n) is 4.54. The molecule has 0 atom stereocenters. The average Bonchev–Trinajstić information content (AvgIpc) is 3.38. The van der Waals surface area contributed by atoms with Crippen LogP contribution in [-0.2, 0) is 13.1 Å². The molecule has 0 unspecified atom stereocenters. The van der Waals surface area contributed by atoms with E-state index in [1.807, 2.05) is 25.3 Å². The fourth-order valence-electron chi connectivity index (χ4n) is 3.09. The van der Waals surface area contributed by atoms with Crippen LogP contribution >= 0.6 is 0 Å². The van der Waals surface area contributed by atoms with Gasteiger partial charge in [0.25, 0.3) is 11.8 Å². The largest absolute Gasteiger partial charge is 0.491 e. The van der Waals surface area contributed by atoms with Crippen LogP contribution in [-0.4, -0.2) is 52.1 Å². The summed E-state index contributed by atoms with van der Waals surface area (Å²) < 4.78 is 12.3. The molecule has 0 aromatic carbocycles. The molecule has 3 aromatic rings. The molecule has 0 spiro atoms.